The van der Waals surface area contributed by atoms with Crippen LogP contribution in [0.4, 0.5) is 0 Å². The molecule has 0 amide bonds. The average Bonchev–Trinajstić information content (AvgIpc) is 1.98. The van der Waals surface area contributed by atoms with Crippen molar-refractivity contribution in [2.24, 2.45) is 0 Å². The van der Waals surface area contributed by atoms with E-state index in [1.807, 2.05) is 0 Å². The molecular formula is C9H15K. The molecule has 0 aromatic carbocycles. The zero-order valence-electron chi connectivity index (χ0n) is 8.71. The molecule has 0 radical (unpaired) electrons. The second-order valence-electron chi connectivity index (χ2n) is 2.99. The van der Waals surface area contributed by atoms with Gasteiger partial charge in [0.1, 0.15) is 0 Å². The van der Waals surface area contributed by atoms with E-state index in [4.69, 9.17) is 0 Å². The molecule has 0 aromatic heterocycles. The standard InChI is InChI=1S/C9H14.K.H/c1-6-5-7(2)9(4)8(6)3;;/h5H2,1-4H3;;/q;+1;-1. The van der Waals surface area contributed by atoms with Gasteiger partial charge in [-0.05, 0) is 45.3 Å². The monoisotopic (exact) mass is 162 g/mol. The Bertz CT molecular complexity index is 180. The van der Waals surface area contributed by atoms with Gasteiger partial charge in [0.25, 0.3) is 0 Å². The maximum atomic E-state index is 2.22. The smallest absolute Gasteiger partial charge is 1.00 e. The van der Waals surface area contributed by atoms with Gasteiger partial charge in [-0.15, -0.1) is 0 Å². The van der Waals surface area contributed by atoms with E-state index < -0.39 is 0 Å². The van der Waals surface area contributed by atoms with Gasteiger partial charge in [-0.3, -0.25) is 0 Å². The molecule has 1 rings (SSSR count). The molecule has 0 bridgehead atoms. The van der Waals surface area contributed by atoms with E-state index in [9.17, 15) is 0 Å². The van der Waals surface area contributed by atoms with Gasteiger partial charge in [0.2, 0.25) is 0 Å². The Morgan fingerprint density at radius 3 is 1.30 bits per heavy atom. The van der Waals surface area contributed by atoms with E-state index in [1.165, 1.54) is 17.6 Å². The van der Waals surface area contributed by atoms with Gasteiger partial charge in [0, 0.05) is 0 Å². The van der Waals surface area contributed by atoms with Crippen molar-refractivity contribution in [3.8, 4) is 0 Å². The Kier molecular flexibility index (Phi) is 4.69. The van der Waals surface area contributed by atoms with Crippen LogP contribution in [0, 0.1) is 0 Å². The van der Waals surface area contributed by atoms with Crippen molar-refractivity contribution >= 4 is 0 Å². The SMILES string of the molecule is CC1=C(C)C(C)=C(C)C1.[H-].[K+]. The largest absolute Gasteiger partial charge is 1.00 e. The van der Waals surface area contributed by atoms with Crippen LogP contribution in [0.1, 0.15) is 35.5 Å². The summed E-state index contributed by atoms with van der Waals surface area (Å²) in [6.45, 7) is 8.85. The Hall–Kier alpha value is 1.12. The minimum Gasteiger partial charge on any atom is -1.00 e. The maximum absolute atomic E-state index is 2.22. The predicted molar refractivity (Wildman–Crippen MR) is 42.5 cm³/mol. The van der Waals surface area contributed by atoms with Gasteiger partial charge in [-0.25, -0.2) is 0 Å². The van der Waals surface area contributed by atoms with E-state index in [0.717, 1.165) is 0 Å². The van der Waals surface area contributed by atoms with Gasteiger partial charge in [0.05, 0.1) is 0 Å². The van der Waals surface area contributed by atoms with Crippen LogP contribution in [0.25, 0.3) is 0 Å². The summed E-state index contributed by atoms with van der Waals surface area (Å²) in [6, 6.07) is 0. The molecule has 0 aliphatic heterocycles. The first-order chi connectivity index (χ1) is 4.13. The fourth-order valence-corrected chi connectivity index (χ4v) is 1.30. The summed E-state index contributed by atoms with van der Waals surface area (Å²) in [6.07, 6.45) is 1.21. The van der Waals surface area contributed by atoms with Crippen LogP contribution in [0.3, 0.4) is 0 Å². The van der Waals surface area contributed by atoms with E-state index in [-0.39, 0.29) is 52.8 Å². The molecule has 0 N–H and O–H groups in total. The van der Waals surface area contributed by atoms with Crippen LogP contribution in [0.15, 0.2) is 22.3 Å². The summed E-state index contributed by atoms with van der Waals surface area (Å²) in [4.78, 5) is 0. The molecule has 0 aromatic rings. The van der Waals surface area contributed by atoms with Crippen LogP contribution in [0.2, 0.25) is 0 Å². The number of hydrogen-bond donors (Lipinski definition) is 0. The van der Waals surface area contributed by atoms with Crippen LogP contribution in [0.5, 0.6) is 0 Å². The third-order valence-electron chi connectivity index (χ3n) is 2.37. The van der Waals surface area contributed by atoms with Gasteiger partial charge in [-0.1, -0.05) is 11.1 Å². The van der Waals surface area contributed by atoms with Crippen molar-refractivity contribution in [2.45, 2.75) is 34.1 Å². The molecule has 0 saturated heterocycles. The normalized spacial score (nSPS) is 18.0. The van der Waals surface area contributed by atoms with Crippen LogP contribution < -0.4 is 51.4 Å². The molecule has 0 unspecified atom stereocenters. The van der Waals surface area contributed by atoms with Gasteiger partial charge < -0.3 is 1.43 Å². The minimum absolute atomic E-state index is 0. The molecule has 0 nitrogen and oxygen atoms in total. The van der Waals surface area contributed by atoms with Gasteiger partial charge in [-0.2, -0.15) is 0 Å². The number of rotatable bonds is 0. The summed E-state index contributed by atoms with van der Waals surface area (Å²) < 4.78 is 0. The molecule has 0 heterocycles. The fourth-order valence-electron chi connectivity index (χ4n) is 1.30. The maximum Gasteiger partial charge on any atom is 1.00 e. The molecule has 0 fully saturated rings. The van der Waals surface area contributed by atoms with Gasteiger partial charge in [0.15, 0.2) is 0 Å². The van der Waals surface area contributed by atoms with Crippen molar-refractivity contribution in [1.29, 1.82) is 0 Å². The zero-order chi connectivity index (χ0) is 7.02. The first-order valence-electron chi connectivity index (χ1n) is 3.46. The minimum atomic E-state index is 0. The average molecular weight is 162 g/mol. The molecule has 0 atom stereocenters. The van der Waals surface area contributed by atoms with Crippen LogP contribution >= 0.6 is 0 Å². The first kappa shape index (κ1) is 11.1. The summed E-state index contributed by atoms with van der Waals surface area (Å²) >= 11 is 0. The second-order valence-corrected chi connectivity index (χ2v) is 2.99. The van der Waals surface area contributed by atoms with Crippen molar-refractivity contribution in [3.05, 3.63) is 22.3 Å². The molecular weight excluding hydrogens is 147 g/mol. The number of hydrogen-bond acceptors (Lipinski definition) is 0. The first-order valence-corrected chi connectivity index (χ1v) is 3.46. The Labute approximate surface area is 108 Å². The predicted octanol–water partition coefficient (Wildman–Crippen LogP) is 0.179. The Balaban J connectivity index is 0. The molecule has 0 spiro atoms. The van der Waals surface area contributed by atoms with Crippen molar-refractivity contribution in [1.82, 2.24) is 0 Å². The second kappa shape index (κ2) is 4.22. The van der Waals surface area contributed by atoms with Crippen LogP contribution in [-0.4, -0.2) is 0 Å². The Morgan fingerprint density at radius 2 is 1.20 bits per heavy atom. The van der Waals surface area contributed by atoms with Crippen LogP contribution in [-0.2, 0) is 0 Å². The molecule has 10 heavy (non-hydrogen) atoms. The summed E-state index contributed by atoms with van der Waals surface area (Å²) in [5.74, 6) is 0. The summed E-state index contributed by atoms with van der Waals surface area (Å²) in [5, 5.41) is 0. The molecule has 1 heteroatoms. The topological polar surface area (TPSA) is 0 Å². The Morgan fingerprint density at radius 1 is 0.900 bits per heavy atom. The van der Waals surface area contributed by atoms with E-state index >= 15 is 0 Å². The van der Waals surface area contributed by atoms with E-state index in [2.05, 4.69) is 27.7 Å². The van der Waals surface area contributed by atoms with Crippen molar-refractivity contribution < 1.29 is 52.8 Å². The molecule has 1 aliphatic rings. The quantitative estimate of drug-likeness (QED) is 0.446. The van der Waals surface area contributed by atoms with E-state index in [1.54, 1.807) is 11.1 Å². The third-order valence-corrected chi connectivity index (χ3v) is 2.37. The summed E-state index contributed by atoms with van der Waals surface area (Å²) in [7, 11) is 0. The van der Waals surface area contributed by atoms with Gasteiger partial charge >= 0.3 is 51.4 Å². The molecule has 52 valence electrons. The molecule has 1 aliphatic carbocycles. The third kappa shape index (κ3) is 2.05. The molecule has 0 saturated carbocycles. The number of allylic oxidation sites excluding steroid dienone is 4. The zero-order valence-corrected chi connectivity index (χ0v) is 10.8. The van der Waals surface area contributed by atoms with Crippen molar-refractivity contribution in [2.75, 3.05) is 0 Å². The van der Waals surface area contributed by atoms with Crippen molar-refractivity contribution in [3.63, 3.8) is 0 Å². The summed E-state index contributed by atoms with van der Waals surface area (Å²) in [5.41, 5.74) is 6.11. The van der Waals surface area contributed by atoms with E-state index in [0.29, 0.717) is 0 Å². The fraction of sp³-hybridized carbons (Fsp3) is 0.556.